The molecule has 0 aliphatic rings. The lowest BCUT2D eigenvalue weighted by molar-refractivity contribution is 0.102. The van der Waals surface area contributed by atoms with Crippen LogP contribution < -0.4 is 14.8 Å². The molecule has 4 aromatic carbocycles. The molecule has 0 saturated carbocycles. The second kappa shape index (κ2) is 9.38. The molecule has 176 valence electrons. The van der Waals surface area contributed by atoms with Gasteiger partial charge in [0.15, 0.2) is 0 Å². The first-order chi connectivity index (χ1) is 17.0. The van der Waals surface area contributed by atoms with Crippen LogP contribution in [0.1, 0.15) is 22.8 Å². The van der Waals surface area contributed by atoms with Gasteiger partial charge in [-0.2, -0.15) is 4.80 Å². The summed E-state index contributed by atoms with van der Waals surface area (Å²) in [6.45, 7) is 4.49. The van der Waals surface area contributed by atoms with Gasteiger partial charge in [0, 0.05) is 5.69 Å². The van der Waals surface area contributed by atoms with Crippen LogP contribution in [-0.2, 0) is 0 Å². The number of methoxy groups -OCH3 is 1. The molecule has 0 atom stereocenters. The minimum Gasteiger partial charge on any atom is -0.495 e. The van der Waals surface area contributed by atoms with Crippen molar-refractivity contribution in [2.45, 2.75) is 13.8 Å². The van der Waals surface area contributed by atoms with Gasteiger partial charge in [-0.15, -0.1) is 10.2 Å². The highest BCUT2D eigenvalue weighted by Gasteiger charge is 2.19. The summed E-state index contributed by atoms with van der Waals surface area (Å²) in [6.07, 6.45) is 0. The largest absolute Gasteiger partial charge is 0.495 e. The van der Waals surface area contributed by atoms with Crippen molar-refractivity contribution < 1.29 is 14.3 Å². The number of ether oxygens (including phenoxy) is 2. The van der Waals surface area contributed by atoms with E-state index in [0.717, 1.165) is 37.8 Å². The van der Waals surface area contributed by atoms with Crippen molar-refractivity contribution in [3.05, 3.63) is 82.3 Å². The van der Waals surface area contributed by atoms with Crippen molar-refractivity contribution in [3.8, 4) is 17.2 Å². The number of amides is 1. The van der Waals surface area contributed by atoms with Crippen LogP contribution in [0.3, 0.4) is 0 Å². The third-order valence-corrected chi connectivity index (χ3v) is 6.53. The molecule has 0 bridgehead atoms. The molecule has 0 saturated heterocycles. The van der Waals surface area contributed by atoms with Crippen molar-refractivity contribution in [3.63, 3.8) is 0 Å². The Labute approximate surface area is 210 Å². The van der Waals surface area contributed by atoms with Gasteiger partial charge in [0.05, 0.1) is 29.4 Å². The smallest absolute Gasteiger partial charge is 0.259 e. The molecule has 0 aliphatic heterocycles. The molecule has 1 amide bonds. The van der Waals surface area contributed by atoms with Crippen LogP contribution in [0.2, 0.25) is 0 Å². The Morgan fingerprint density at radius 2 is 1.74 bits per heavy atom. The number of halogens is 1. The molecule has 0 fully saturated rings. The molecule has 0 radical (unpaired) electrons. The summed E-state index contributed by atoms with van der Waals surface area (Å²) < 4.78 is 11.8. The van der Waals surface area contributed by atoms with Gasteiger partial charge in [-0.3, -0.25) is 4.79 Å². The fourth-order valence-corrected chi connectivity index (χ4v) is 4.74. The summed E-state index contributed by atoms with van der Waals surface area (Å²) in [4.78, 5) is 14.9. The van der Waals surface area contributed by atoms with E-state index in [2.05, 4.69) is 31.4 Å². The number of nitrogens with zero attached hydrogens (tertiary/aromatic N) is 3. The van der Waals surface area contributed by atoms with Gasteiger partial charge in [-0.05, 0) is 88.6 Å². The highest BCUT2D eigenvalue weighted by atomic mass is 79.9. The van der Waals surface area contributed by atoms with Crippen LogP contribution >= 0.6 is 15.9 Å². The average molecular weight is 531 g/mol. The molecule has 1 aromatic heterocycles. The standard InChI is InChI=1S/C27H23BrN4O3/c1-4-35-19-11-9-18(10-12-19)32-30-23-13-16(2)22(15-24(23)31-32)29-27(33)21-14-17-7-5-6-8-20(17)25(28)26(21)34-3/h5-15H,4H2,1-3H3,(H,29,33). The number of carbonyl (C=O) groups excluding carboxylic acids is 1. The minimum absolute atomic E-state index is 0.269. The Morgan fingerprint density at radius 3 is 2.46 bits per heavy atom. The Bertz CT molecular complexity index is 1560. The number of aryl methyl sites for hydroxylation is 1. The second-order valence-electron chi connectivity index (χ2n) is 8.02. The van der Waals surface area contributed by atoms with E-state index in [0.29, 0.717) is 29.1 Å². The van der Waals surface area contributed by atoms with E-state index in [1.54, 1.807) is 11.9 Å². The number of fused-ring (bicyclic) bond motifs is 2. The van der Waals surface area contributed by atoms with Gasteiger partial charge in [0.1, 0.15) is 22.5 Å². The van der Waals surface area contributed by atoms with E-state index in [9.17, 15) is 4.79 Å². The van der Waals surface area contributed by atoms with Crippen molar-refractivity contribution in [2.24, 2.45) is 0 Å². The third-order valence-electron chi connectivity index (χ3n) is 5.74. The topological polar surface area (TPSA) is 78.3 Å². The molecular formula is C27H23BrN4O3. The lowest BCUT2D eigenvalue weighted by Gasteiger charge is -2.14. The maximum Gasteiger partial charge on any atom is 0.259 e. The van der Waals surface area contributed by atoms with Crippen molar-refractivity contribution in [1.29, 1.82) is 0 Å². The van der Waals surface area contributed by atoms with E-state index in [1.807, 2.05) is 80.6 Å². The summed E-state index contributed by atoms with van der Waals surface area (Å²) in [5, 5.41) is 14.1. The SMILES string of the molecule is CCOc1ccc(-n2nc3cc(C)c(NC(=O)c4cc5ccccc5c(Br)c4OC)cc3n2)cc1. The second-order valence-corrected chi connectivity index (χ2v) is 8.81. The fourth-order valence-electron chi connectivity index (χ4n) is 4.00. The molecule has 8 heteroatoms. The quantitative estimate of drug-likeness (QED) is 0.278. The number of rotatable bonds is 6. The van der Waals surface area contributed by atoms with Crippen molar-refractivity contribution in [1.82, 2.24) is 15.0 Å². The van der Waals surface area contributed by atoms with Crippen LogP contribution in [0.25, 0.3) is 27.5 Å². The van der Waals surface area contributed by atoms with E-state index in [4.69, 9.17) is 9.47 Å². The molecule has 5 aromatic rings. The summed E-state index contributed by atoms with van der Waals surface area (Å²) in [5.74, 6) is 1.01. The number of carbonyl (C=O) groups is 1. The van der Waals surface area contributed by atoms with Crippen LogP contribution in [-0.4, -0.2) is 34.6 Å². The molecule has 5 rings (SSSR count). The van der Waals surface area contributed by atoms with E-state index >= 15 is 0 Å². The zero-order valence-corrected chi connectivity index (χ0v) is 21.1. The van der Waals surface area contributed by atoms with Gasteiger partial charge in [0.25, 0.3) is 5.91 Å². The molecule has 0 aliphatic carbocycles. The van der Waals surface area contributed by atoms with Crippen molar-refractivity contribution >= 4 is 49.3 Å². The number of aromatic nitrogens is 3. The van der Waals surface area contributed by atoms with E-state index in [1.165, 1.54) is 0 Å². The van der Waals surface area contributed by atoms with Gasteiger partial charge >= 0.3 is 0 Å². The predicted molar refractivity (Wildman–Crippen MR) is 141 cm³/mol. The Hall–Kier alpha value is -3.91. The highest BCUT2D eigenvalue weighted by molar-refractivity contribution is 9.10. The van der Waals surface area contributed by atoms with Gasteiger partial charge in [0.2, 0.25) is 0 Å². The lowest BCUT2D eigenvalue weighted by Crippen LogP contribution is -2.14. The number of hydrogen-bond acceptors (Lipinski definition) is 5. The predicted octanol–water partition coefficient (Wildman–Crippen LogP) is 6.30. The Balaban J connectivity index is 1.47. The zero-order chi connectivity index (χ0) is 24.5. The third kappa shape index (κ3) is 4.33. The van der Waals surface area contributed by atoms with E-state index < -0.39 is 0 Å². The van der Waals surface area contributed by atoms with Gasteiger partial charge in [-0.1, -0.05) is 24.3 Å². The number of hydrogen-bond donors (Lipinski definition) is 1. The normalized spacial score (nSPS) is 11.1. The average Bonchev–Trinajstić information content (AvgIpc) is 3.27. The van der Waals surface area contributed by atoms with E-state index in [-0.39, 0.29) is 5.91 Å². The minimum atomic E-state index is -0.269. The van der Waals surface area contributed by atoms with Crippen LogP contribution in [0, 0.1) is 6.92 Å². The number of benzene rings is 4. The molecule has 0 unspecified atom stereocenters. The monoisotopic (exact) mass is 530 g/mol. The fraction of sp³-hybridized carbons (Fsp3) is 0.148. The Morgan fingerprint density at radius 1 is 1.03 bits per heavy atom. The molecular weight excluding hydrogens is 508 g/mol. The maximum atomic E-state index is 13.3. The summed E-state index contributed by atoms with van der Waals surface area (Å²) in [5.41, 5.74) is 4.21. The first-order valence-corrected chi connectivity index (χ1v) is 11.9. The lowest BCUT2D eigenvalue weighted by atomic mass is 10.0. The van der Waals surface area contributed by atoms with Crippen LogP contribution in [0.15, 0.2) is 71.2 Å². The van der Waals surface area contributed by atoms with Gasteiger partial charge in [-0.25, -0.2) is 0 Å². The molecule has 1 N–H and O–H groups in total. The summed E-state index contributed by atoms with van der Waals surface area (Å²) in [6, 6.07) is 21.0. The van der Waals surface area contributed by atoms with Crippen LogP contribution in [0.5, 0.6) is 11.5 Å². The molecule has 1 heterocycles. The molecule has 7 nitrogen and oxygen atoms in total. The zero-order valence-electron chi connectivity index (χ0n) is 19.5. The number of anilines is 1. The number of nitrogens with one attached hydrogen (secondary N) is 1. The highest BCUT2D eigenvalue weighted by Crippen LogP contribution is 2.37. The first-order valence-electron chi connectivity index (χ1n) is 11.2. The molecule has 0 spiro atoms. The Kier molecular flexibility index (Phi) is 6.13. The van der Waals surface area contributed by atoms with Gasteiger partial charge < -0.3 is 14.8 Å². The molecule has 35 heavy (non-hydrogen) atoms. The van der Waals surface area contributed by atoms with Crippen LogP contribution in [0.4, 0.5) is 5.69 Å². The summed E-state index contributed by atoms with van der Waals surface area (Å²) >= 11 is 3.60. The van der Waals surface area contributed by atoms with Crippen molar-refractivity contribution in [2.75, 3.05) is 19.0 Å². The first kappa shape index (κ1) is 22.9. The maximum absolute atomic E-state index is 13.3. The summed E-state index contributed by atoms with van der Waals surface area (Å²) in [7, 11) is 1.56.